The Bertz CT molecular complexity index is 1360. The molecule has 2 aromatic carbocycles. The van der Waals surface area contributed by atoms with E-state index in [-0.39, 0.29) is 11.6 Å². The molecule has 1 atom stereocenters. The fourth-order valence-corrected chi connectivity index (χ4v) is 3.84. The Morgan fingerprint density at radius 1 is 1.19 bits per heavy atom. The highest BCUT2D eigenvalue weighted by molar-refractivity contribution is 6.06. The molecule has 3 aromatic rings. The lowest BCUT2D eigenvalue weighted by Crippen LogP contribution is -2.32. The quantitative estimate of drug-likeness (QED) is 0.473. The van der Waals surface area contributed by atoms with Crippen LogP contribution in [0.4, 0.5) is 27.6 Å². The van der Waals surface area contributed by atoms with Gasteiger partial charge in [-0.15, -0.1) is 5.10 Å². The highest BCUT2D eigenvalue weighted by Crippen LogP contribution is 2.35. The number of hydrogen-bond donors (Lipinski definition) is 1. The average Bonchev–Trinajstić information content (AvgIpc) is 3.04. The molecule has 0 aliphatic heterocycles. The minimum absolute atomic E-state index is 0.0158. The predicted octanol–water partition coefficient (Wildman–Crippen LogP) is 5.01. The Kier molecular flexibility index (Phi) is 6.63. The summed E-state index contributed by atoms with van der Waals surface area (Å²) in [6, 6.07) is 5.47. The summed E-state index contributed by atoms with van der Waals surface area (Å²) in [4.78, 5) is 25.7. The van der Waals surface area contributed by atoms with Crippen LogP contribution in [0, 0.1) is 18.6 Å². The number of para-hydroxylation sites is 1. The molecule has 1 fully saturated rings. The lowest BCUT2D eigenvalue weighted by Gasteiger charge is -2.23. The van der Waals surface area contributed by atoms with Crippen molar-refractivity contribution in [2.75, 3.05) is 5.32 Å². The first-order valence-corrected chi connectivity index (χ1v) is 11.2. The first-order valence-electron chi connectivity index (χ1n) is 11.2. The highest BCUT2D eigenvalue weighted by atomic mass is 19.4. The molecule has 36 heavy (non-hydrogen) atoms. The van der Waals surface area contributed by atoms with Crippen molar-refractivity contribution in [3.05, 3.63) is 69.4 Å². The van der Waals surface area contributed by atoms with Gasteiger partial charge < -0.3 is 10.1 Å². The number of hydrogen-bond acceptors (Lipinski definition) is 4. The number of carbonyl (C=O) groups excluding carboxylic acids is 1. The molecular formula is C24H23F5N4O3. The lowest BCUT2D eigenvalue weighted by atomic mass is 9.85. The molecule has 1 aliphatic carbocycles. The van der Waals surface area contributed by atoms with Gasteiger partial charge in [0.25, 0.3) is 5.91 Å². The molecule has 0 bridgehead atoms. The third-order valence-corrected chi connectivity index (χ3v) is 6.23. The lowest BCUT2D eigenvalue weighted by molar-refractivity contribution is -0.189. The number of halogens is 5. The maximum atomic E-state index is 15.2. The van der Waals surface area contributed by atoms with Gasteiger partial charge in [-0.05, 0) is 44.4 Å². The number of carbonyl (C=O) groups is 1. The number of aromatic nitrogens is 3. The van der Waals surface area contributed by atoms with E-state index in [1.54, 1.807) is 0 Å². The molecular weight excluding hydrogens is 487 g/mol. The number of ether oxygens (including phenoxy) is 1. The van der Waals surface area contributed by atoms with E-state index in [0.717, 1.165) is 36.1 Å². The Morgan fingerprint density at radius 3 is 2.47 bits per heavy atom. The Hall–Kier alpha value is -3.70. The normalized spacial score (nSPS) is 14.9. The third kappa shape index (κ3) is 4.71. The van der Waals surface area contributed by atoms with Gasteiger partial charge in [0, 0.05) is 19.0 Å². The second-order valence-corrected chi connectivity index (χ2v) is 8.73. The number of benzene rings is 2. The van der Waals surface area contributed by atoms with Gasteiger partial charge in [-0.1, -0.05) is 18.6 Å². The van der Waals surface area contributed by atoms with E-state index in [2.05, 4.69) is 10.4 Å². The van der Waals surface area contributed by atoms with Crippen molar-refractivity contribution in [3.63, 3.8) is 0 Å². The summed E-state index contributed by atoms with van der Waals surface area (Å²) in [6.07, 6.45) is -4.61. The number of rotatable bonds is 6. The Labute approximate surface area is 202 Å². The van der Waals surface area contributed by atoms with E-state index in [9.17, 15) is 27.2 Å². The SMILES string of the molecule is Cc1cccc(F)c1NC(=O)c1cc(F)c(-n2nc(C3CCC3)n(C)c2=O)cc1O[C@@H](C)C(F)(F)F. The van der Waals surface area contributed by atoms with Crippen molar-refractivity contribution >= 4 is 11.6 Å². The van der Waals surface area contributed by atoms with E-state index >= 15 is 4.39 Å². The molecule has 0 unspecified atom stereocenters. The Morgan fingerprint density at radius 2 is 1.89 bits per heavy atom. The van der Waals surface area contributed by atoms with Crippen LogP contribution in [-0.4, -0.2) is 32.5 Å². The minimum atomic E-state index is -4.80. The van der Waals surface area contributed by atoms with E-state index in [1.807, 2.05) is 0 Å². The zero-order valence-electron chi connectivity index (χ0n) is 19.6. The fourth-order valence-electron chi connectivity index (χ4n) is 3.84. The molecule has 7 nitrogen and oxygen atoms in total. The van der Waals surface area contributed by atoms with Gasteiger partial charge in [-0.3, -0.25) is 9.36 Å². The molecule has 12 heteroatoms. The number of aryl methyl sites for hydroxylation is 1. The average molecular weight is 510 g/mol. The van der Waals surface area contributed by atoms with Gasteiger partial charge >= 0.3 is 11.9 Å². The van der Waals surface area contributed by atoms with Gasteiger partial charge in [0.15, 0.2) is 6.10 Å². The second kappa shape index (κ2) is 9.40. The summed E-state index contributed by atoms with van der Waals surface area (Å²) in [6.45, 7) is 2.23. The summed E-state index contributed by atoms with van der Waals surface area (Å²) in [5.41, 5.74) is -1.67. The van der Waals surface area contributed by atoms with Crippen LogP contribution in [0.3, 0.4) is 0 Å². The first-order chi connectivity index (χ1) is 16.9. The van der Waals surface area contributed by atoms with E-state index < -0.39 is 52.5 Å². The molecule has 1 saturated carbocycles. The molecule has 0 saturated heterocycles. The molecule has 0 radical (unpaired) electrons. The molecule has 1 heterocycles. The second-order valence-electron chi connectivity index (χ2n) is 8.73. The van der Waals surface area contributed by atoms with Gasteiger partial charge in [-0.2, -0.15) is 17.9 Å². The van der Waals surface area contributed by atoms with Crippen LogP contribution in [0.25, 0.3) is 5.69 Å². The van der Waals surface area contributed by atoms with Crippen LogP contribution in [-0.2, 0) is 7.05 Å². The number of amides is 1. The number of nitrogens with zero attached hydrogens (tertiary/aromatic N) is 3. The van der Waals surface area contributed by atoms with E-state index in [0.29, 0.717) is 24.4 Å². The van der Waals surface area contributed by atoms with Crippen LogP contribution in [0.15, 0.2) is 35.1 Å². The van der Waals surface area contributed by atoms with Crippen LogP contribution in [0.5, 0.6) is 5.75 Å². The maximum Gasteiger partial charge on any atom is 0.425 e. The molecule has 1 aliphatic rings. The summed E-state index contributed by atoms with van der Waals surface area (Å²) in [5.74, 6) is -3.18. The van der Waals surface area contributed by atoms with Crippen LogP contribution in [0.2, 0.25) is 0 Å². The predicted molar refractivity (Wildman–Crippen MR) is 121 cm³/mol. The van der Waals surface area contributed by atoms with Crippen molar-refractivity contribution in [2.45, 2.75) is 51.3 Å². The van der Waals surface area contributed by atoms with Crippen molar-refractivity contribution in [2.24, 2.45) is 7.05 Å². The smallest absolute Gasteiger partial charge is 0.425 e. The fraction of sp³-hybridized carbons (Fsp3) is 0.375. The summed E-state index contributed by atoms with van der Waals surface area (Å²) < 4.78 is 76.2. The van der Waals surface area contributed by atoms with Crippen molar-refractivity contribution in [3.8, 4) is 11.4 Å². The van der Waals surface area contributed by atoms with Crippen molar-refractivity contribution in [1.29, 1.82) is 0 Å². The number of anilines is 1. The first kappa shape index (κ1) is 25.4. The number of alkyl halides is 3. The van der Waals surface area contributed by atoms with Gasteiger partial charge in [0.05, 0.1) is 11.3 Å². The molecule has 1 amide bonds. The highest BCUT2D eigenvalue weighted by Gasteiger charge is 2.39. The van der Waals surface area contributed by atoms with Crippen LogP contribution < -0.4 is 15.7 Å². The zero-order chi connectivity index (χ0) is 26.4. The summed E-state index contributed by atoms with van der Waals surface area (Å²) in [7, 11) is 1.47. The van der Waals surface area contributed by atoms with Gasteiger partial charge in [0.1, 0.15) is 28.9 Å². The molecule has 1 aromatic heterocycles. The number of nitrogens with one attached hydrogen (secondary N) is 1. The van der Waals surface area contributed by atoms with Crippen molar-refractivity contribution in [1.82, 2.24) is 14.3 Å². The summed E-state index contributed by atoms with van der Waals surface area (Å²) in [5, 5.41) is 6.45. The zero-order valence-corrected chi connectivity index (χ0v) is 19.6. The topological polar surface area (TPSA) is 78.2 Å². The van der Waals surface area contributed by atoms with E-state index in [1.165, 1.54) is 30.7 Å². The largest absolute Gasteiger partial charge is 0.480 e. The molecule has 1 N–H and O–H groups in total. The van der Waals surface area contributed by atoms with E-state index in [4.69, 9.17) is 4.74 Å². The van der Waals surface area contributed by atoms with Crippen molar-refractivity contribution < 1.29 is 31.5 Å². The maximum absolute atomic E-state index is 15.2. The minimum Gasteiger partial charge on any atom is -0.480 e. The standard InChI is InChI=1S/C24H23F5N4O3/c1-12-6-4-9-16(25)20(12)30-22(34)15-10-17(26)18(11-19(15)36-13(2)24(27,28)29)33-23(35)32(3)21(31-33)14-7-5-8-14/h4,6,9-11,13-14H,5,7-8H2,1-3H3,(H,30,34)/t13-/m0/s1. The summed E-state index contributed by atoms with van der Waals surface area (Å²) >= 11 is 0. The monoisotopic (exact) mass is 510 g/mol. The Balaban J connectivity index is 1.80. The van der Waals surface area contributed by atoms with Gasteiger partial charge in [-0.25, -0.2) is 13.6 Å². The van der Waals surface area contributed by atoms with Crippen LogP contribution >= 0.6 is 0 Å². The van der Waals surface area contributed by atoms with Gasteiger partial charge in [0.2, 0.25) is 0 Å². The third-order valence-electron chi connectivity index (χ3n) is 6.23. The molecule has 192 valence electrons. The van der Waals surface area contributed by atoms with Crippen LogP contribution in [0.1, 0.15) is 53.8 Å². The molecule has 0 spiro atoms. The molecule has 4 rings (SSSR count).